The largest absolute Gasteiger partial charge is 0.493 e. The summed E-state index contributed by atoms with van der Waals surface area (Å²) < 4.78 is 33.3. The molecule has 2 aliphatic rings. The smallest absolute Gasteiger partial charge is 0.344 e. The molecule has 8 heteroatoms. The molecule has 5 rings (SSSR count). The van der Waals surface area contributed by atoms with E-state index in [4.69, 9.17) is 28.4 Å². The maximum absolute atomic E-state index is 13.5. The predicted octanol–water partition coefficient (Wildman–Crippen LogP) is 4.41. The maximum atomic E-state index is 13.5. The SMILES string of the molecule is COc1ccc(C2OC(=O)C(=C3OC(=O)c4ccccc43)c3cc(OC)c(OC)cc32)cc1OC. The van der Waals surface area contributed by atoms with Crippen molar-refractivity contribution < 1.29 is 38.0 Å². The van der Waals surface area contributed by atoms with Gasteiger partial charge in [0.1, 0.15) is 5.57 Å². The number of carbonyl (C=O) groups is 2. The highest BCUT2D eigenvalue weighted by molar-refractivity contribution is 6.27. The van der Waals surface area contributed by atoms with Crippen LogP contribution in [0.2, 0.25) is 0 Å². The normalized spacial score (nSPS) is 18.2. The van der Waals surface area contributed by atoms with E-state index in [0.717, 1.165) is 0 Å². The van der Waals surface area contributed by atoms with Crippen LogP contribution in [0.5, 0.6) is 23.0 Å². The van der Waals surface area contributed by atoms with Crippen molar-refractivity contribution in [1.29, 1.82) is 0 Å². The van der Waals surface area contributed by atoms with Crippen molar-refractivity contribution in [2.24, 2.45) is 0 Å². The van der Waals surface area contributed by atoms with Crippen molar-refractivity contribution in [2.75, 3.05) is 28.4 Å². The molecule has 1 atom stereocenters. The van der Waals surface area contributed by atoms with Gasteiger partial charge in [0.25, 0.3) is 0 Å². The van der Waals surface area contributed by atoms with Crippen LogP contribution in [0.1, 0.15) is 38.7 Å². The lowest BCUT2D eigenvalue weighted by atomic mass is 9.87. The summed E-state index contributed by atoms with van der Waals surface area (Å²) in [5, 5.41) is 0. The fourth-order valence-electron chi connectivity index (χ4n) is 4.39. The van der Waals surface area contributed by atoms with E-state index in [0.29, 0.717) is 50.8 Å². The second-order valence-electron chi connectivity index (χ2n) is 7.83. The Bertz CT molecular complexity index is 1390. The number of hydrogen-bond acceptors (Lipinski definition) is 8. The Morgan fingerprint density at radius 3 is 1.97 bits per heavy atom. The minimum absolute atomic E-state index is 0.135. The molecule has 2 heterocycles. The zero-order valence-corrected chi connectivity index (χ0v) is 19.5. The minimum Gasteiger partial charge on any atom is -0.493 e. The molecule has 3 aromatic rings. The highest BCUT2D eigenvalue weighted by atomic mass is 16.6. The second kappa shape index (κ2) is 8.72. The lowest BCUT2D eigenvalue weighted by Gasteiger charge is -2.29. The van der Waals surface area contributed by atoms with Crippen molar-refractivity contribution in [3.05, 3.63) is 82.4 Å². The predicted molar refractivity (Wildman–Crippen MR) is 126 cm³/mol. The van der Waals surface area contributed by atoms with Crippen LogP contribution in [0.25, 0.3) is 11.3 Å². The summed E-state index contributed by atoms with van der Waals surface area (Å²) in [6.07, 6.45) is -0.784. The minimum atomic E-state index is -0.784. The maximum Gasteiger partial charge on any atom is 0.344 e. The molecule has 0 amide bonds. The zero-order chi connectivity index (χ0) is 24.7. The number of rotatable bonds is 5. The van der Waals surface area contributed by atoms with Crippen molar-refractivity contribution in [2.45, 2.75) is 6.10 Å². The average molecular weight is 474 g/mol. The van der Waals surface area contributed by atoms with Gasteiger partial charge >= 0.3 is 11.9 Å². The van der Waals surface area contributed by atoms with E-state index in [2.05, 4.69) is 0 Å². The lowest BCUT2D eigenvalue weighted by molar-refractivity contribution is -0.141. The van der Waals surface area contributed by atoms with Crippen LogP contribution in [-0.4, -0.2) is 40.4 Å². The molecule has 3 aromatic carbocycles. The molecule has 0 aliphatic carbocycles. The molecular weight excluding hydrogens is 452 g/mol. The molecule has 35 heavy (non-hydrogen) atoms. The number of carbonyl (C=O) groups excluding carboxylic acids is 2. The second-order valence-corrected chi connectivity index (χ2v) is 7.83. The Hall–Kier alpha value is -4.46. The zero-order valence-electron chi connectivity index (χ0n) is 19.5. The first-order valence-electron chi connectivity index (χ1n) is 10.8. The van der Waals surface area contributed by atoms with Gasteiger partial charge in [0.2, 0.25) is 0 Å². The van der Waals surface area contributed by atoms with Gasteiger partial charge in [0.15, 0.2) is 34.9 Å². The number of benzene rings is 3. The molecule has 0 saturated heterocycles. The van der Waals surface area contributed by atoms with Gasteiger partial charge in [-0.05, 0) is 30.3 Å². The quantitative estimate of drug-likeness (QED) is 0.397. The van der Waals surface area contributed by atoms with Crippen LogP contribution in [-0.2, 0) is 14.3 Å². The Kier molecular flexibility index (Phi) is 5.56. The fourth-order valence-corrected chi connectivity index (χ4v) is 4.39. The molecule has 0 spiro atoms. The highest BCUT2D eigenvalue weighted by Gasteiger charge is 2.40. The lowest BCUT2D eigenvalue weighted by Crippen LogP contribution is -2.23. The Balaban J connectivity index is 1.76. The van der Waals surface area contributed by atoms with E-state index >= 15 is 0 Å². The van der Waals surface area contributed by atoms with E-state index in [-0.39, 0.29) is 11.3 Å². The standard InChI is InChI=1S/C27H22O8/c1-30-19-10-9-14(11-20(19)31-2)24-18-13-22(33-4)21(32-3)12-17(18)23(27(29)34-24)25-15-7-5-6-8-16(15)26(28)35-25/h5-13,24H,1-4H3. The van der Waals surface area contributed by atoms with Gasteiger partial charge in [-0.3, -0.25) is 0 Å². The van der Waals surface area contributed by atoms with Gasteiger partial charge < -0.3 is 28.4 Å². The molecule has 0 fully saturated rings. The van der Waals surface area contributed by atoms with E-state index in [1.165, 1.54) is 21.3 Å². The van der Waals surface area contributed by atoms with Gasteiger partial charge in [-0.1, -0.05) is 24.3 Å². The third-order valence-electron chi connectivity index (χ3n) is 6.06. The molecule has 0 saturated carbocycles. The number of methoxy groups -OCH3 is 4. The first-order chi connectivity index (χ1) is 17.0. The molecule has 0 radical (unpaired) electrons. The first kappa shape index (κ1) is 22.3. The van der Waals surface area contributed by atoms with Gasteiger partial charge in [-0.25, -0.2) is 9.59 Å². The topological polar surface area (TPSA) is 89.5 Å². The third kappa shape index (κ3) is 3.54. The van der Waals surface area contributed by atoms with E-state index < -0.39 is 18.0 Å². The van der Waals surface area contributed by atoms with Crippen LogP contribution >= 0.6 is 0 Å². The number of esters is 2. The molecule has 0 N–H and O–H groups in total. The van der Waals surface area contributed by atoms with Crippen LogP contribution in [0.3, 0.4) is 0 Å². The van der Waals surface area contributed by atoms with Gasteiger partial charge in [0, 0.05) is 22.3 Å². The molecule has 0 bridgehead atoms. The summed E-state index contributed by atoms with van der Waals surface area (Å²) >= 11 is 0. The highest BCUT2D eigenvalue weighted by Crippen LogP contribution is 2.48. The molecule has 1 unspecified atom stereocenters. The summed E-state index contributed by atoms with van der Waals surface area (Å²) in [5.41, 5.74) is 2.85. The first-order valence-corrected chi connectivity index (χ1v) is 10.8. The Labute approximate surface area is 201 Å². The molecule has 178 valence electrons. The molecule has 8 nitrogen and oxygen atoms in total. The van der Waals surface area contributed by atoms with E-state index in [9.17, 15) is 9.59 Å². The Morgan fingerprint density at radius 1 is 0.657 bits per heavy atom. The van der Waals surface area contributed by atoms with Crippen LogP contribution in [0.15, 0.2) is 54.6 Å². The molecular formula is C27H22O8. The van der Waals surface area contributed by atoms with Crippen molar-refractivity contribution in [3.63, 3.8) is 0 Å². The third-order valence-corrected chi connectivity index (χ3v) is 6.06. The van der Waals surface area contributed by atoms with E-state index in [1.807, 2.05) is 0 Å². The van der Waals surface area contributed by atoms with E-state index in [1.54, 1.807) is 61.7 Å². The summed E-state index contributed by atoms with van der Waals surface area (Å²) in [7, 11) is 6.11. The van der Waals surface area contributed by atoms with Crippen molar-refractivity contribution in [1.82, 2.24) is 0 Å². The summed E-state index contributed by atoms with van der Waals surface area (Å²) in [4.78, 5) is 26.0. The molecule has 2 aliphatic heterocycles. The summed E-state index contributed by atoms with van der Waals surface area (Å²) in [6, 6.07) is 15.6. The van der Waals surface area contributed by atoms with Crippen molar-refractivity contribution in [3.8, 4) is 23.0 Å². The molecule has 0 aromatic heterocycles. The Morgan fingerprint density at radius 2 is 1.29 bits per heavy atom. The number of ether oxygens (including phenoxy) is 6. The number of fused-ring (bicyclic) bond motifs is 2. The van der Waals surface area contributed by atoms with Crippen molar-refractivity contribution >= 4 is 23.3 Å². The van der Waals surface area contributed by atoms with Gasteiger partial charge in [0.05, 0.1) is 34.0 Å². The van der Waals surface area contributed by atoms with Gasteiger partial charge in [-0.2, -0.15) is 0 Å². The summed E-state index contributed by atoms with van der Waals surface area (Å²) in [6.45, 7) is 0. The van der Waals surface area contributed by atoms with Crippen LogP contribution in [0.4, 0.5) is 0 Å². The monoisotopic (exact) mass is 474 g/mol. The fraction of sp³-hybridized carbons (Fsp3) is 0.185. The van der Waals surface area contributed by atoms with Crippen LogP contribution < -0.4 is 18.9 Å². The van der Waals surface area contributed by atoms with Crippen LogP contribution in [0, 0.1) is 0 Å². The number of hydrogen-bond donors (Lipinski definition) is 0. The number of cyclic esters (lactones) is 2. The summed E-state index contributed by atoms with van der Waals surface area (Å²) in [5.74, 6) is 0.901. The average Bonchev–Trinajstić information content (AvgIpc) is 3.22. The van der Waals surface area contributed by atoms with Gasteiger partial charge in [-0.15, -0.1) is 0 Å².